The number of Topliss-reactive ketones (excluding diaryl/α,β-unsaturated/α-hetero) is 1. The van der Waals surface area contributed by atoms with Crippen molar-refractivity contribution in [3.63, 3.8) is 0 Å². The van der Waals surface area contributed by atoms with Gasteiger partial charge in [0.05, 0.1) is 0 Å². The zero-order valence-electron chi connectivity index (χ0n) is 19.8. The summed E-state index contributed by atoms with van der Waals surface area (Å²) in [4.78, 5) is 12.1. The second kappa shape index (κ2) is 19.6. The largest absolute Gasteiger partial charge is 0.508 e. The van der Waals surface area contributed by atoms with E-state index in [9.17, 15) is 9.90 Å². The Morgan fingerprint density at radius 1 is 0.567 bits per heavy atom. The standard InChI is InChI=1S/C28H48O2/c1-2-3-4-5-6-7-8-9-10-11-12-13-14-15-16-17-18-19-20-21-28(30)26-22-24-27(29)25-23-26/h22-25,29H,2-21H2,1H3. The molecule has 0 atom stereocenters. The van der Waals surface area contributed by atoms with Gasteiger partial charge in [0.1, 0.15) is 5.75 Å². The van der Waals surface area contributed by atoms with Gasteiger partial charge in [-0.1, -0.05) is 122 Å². The minimum absolute atomic E-state index is 0.196. The molecule has 1 rings (SSSR count). The van der Waals surface area contributed by atoms with E-state index in [1.807, 2.05) is 0 Å². The second-order valence-corrected chi connectivity index (χ2v) is 9.08. The van der Waals surface area contributed by atoms with Gasteiger partial charge in [-0.3, -0.25) is 4.79 Å². The van der Waals surface area contributed by atoms with E-state index in [-0.39, 0.29) is 11.5 Å². The zero-order chi connectivity index (χ0) is 21.7. The molecule has 2 heteroatoms. The number of carbonyl (C=O) groups excluding carboxylic acids is 1. The van der Waals surface area contributed by atoms with E-state index in [4.69, 9.17) is 0 Å². The van der Waals surface area contributed by atoms with Crippen molar-refractivity contribution in [2.75, 3.05) is 0 Å². The van der Waals surface area contributed by atoms with Crippen molar-refractivity contribution in [2.24, 2.45) is 0 Å². The molecule has 172 valence electrons. The van der Waals surface area contributed by atoms with E-state index in [0.717, 1.165) is 18.4 Å². The van der Waals surface area contributed by atoms with Crippen molar-refractivity contribution in [1.82, 2.24) is 0 Å². The van der Waals surface area contributed by atoms with Crippen LogP contribution >= 0.6 is 0 Å². The molecule has 0 aliphatic rings. The zero-order valence-corrected chi connectivity index (χ0v) is 19.8. The van der Waals surface area contributed by atoms with Crippen LogP contribution in [-0.4, -0.2) is 10.9 Å². The van der Waals surface area contributed by atoms with E-state index in [1.165, 1.54) is 109 Å². The molecule has 0 unspecified atom stereocenters. The Kier molecular flexibility index (Phi) is 17.5. The van der Waals surface area contributed by atoms with Gasteiger partial charge in [-0.25, -0.2) is 0 Å². The fourth-order valence-corrected chi connectivity index (χ4v) is 4.16. The lowest BCUT2D eigenvalue weighted by atomic mass is 10.0. The van der Waals surface area contributed by atoms with Gasteiger partial charge in [0.25, 0.3) is 0 Å². The molecule has 0 amide bonds. The van der Waals surface area contributed by atoms with Crippen molar-refractivity contribution in [3.05, 3.63) is 29.8 Å². The van der Waals surface area contributed by atoms with Crippen LogP contribution in [0.4, 0.5) is 0 Å². The third kappa shape index (κ3) is 15.5. The van der Waals surface area contributed by atoms with E-state index in [1.54, 1.807) is 24.3 Å². The number of hydrogen-bond acceptors (Lipinski definition) is 2. The van der Waals surface area contributed by atoms with E-state index in [2.05, 4.69) is 6.92 Å². The number of benzene rings is 1. The van der Waals surface area contributed by atoms with Crippen molar-refractivity contribution in [3.8, 4) is 5.75 Å². The number of aromatic hydroxyl groups is 1. The fourth-order valence-electron chi connectivity index (χ4n) is 4.16. The summed E-state index contributed by atoms with van der Waals surface area (Å²) in [5.41, 5.74) is 0.718. The highest BCUT2D eigenvalue weighted by Gasteiger charge is 2.05. The normalized spacial score (nSPS) is 11.1. The van der Waals surface area contributed by atoms with Crippen molar-refractivity contribution >= 4 is 5.78 Å². The van der Waals surface area contributed by atoms with Crippen LogP contribution in [-0.2, 0) is 0 Å². The summed E-state index contributed by atoms with van der Waals surface area (Å²) in [5, 5.41) is 9.27. The van der Waals surface area contributed by atoms with Gasteiger partial charge in [-0.2, -0.15) is 0 Å². The summed E-state index contributed by atoms with van der Waals surface area (Å²) in [6, 6.07) is 6.61. The molecule has 0 aromatic heterocycles. The number of unbranched alkanes of at least 4 members (excludes halogenated alkanes) is 18. The molecule has 0 radical (unpaired) electrons. The SMILES string of the molecule is CCCCCCCCCCCCCCCCCCCCCC(=O)c1ccc(O)cc1. The highest BCUT2D eigenvalue weighted by molar-refractivity contribution is 5.96. The number of hydrogen-bond donors (Lipinski definition) is 1. The van der Waals surface area contributed by atoms with Crippen LogP contribution in [0.2, 0.25) is 0 Å². The maximum Gasteiger partial charge on any atom is 0.162 e. The highest BCUT2D eigenvalue weighted by atomic mass is 16.3. The molecule has 0 saturated carbocycles. The number of phenols is 1. The first kappa shape index (κ1) is 26.7. The van der Waals surface area contributed by atoms with Crippen LogP contribution in [0.25, 0.3) is 0 Å². The predicted octanol–water partition coefficient (Wildman–Crippen LogP) is 9.40. The smallest absolute Gasteiger partial charge is 0.162 e. The molecule has 1 aromatic rings. The van der Waals surface area contributed by atoms with Gasteiger partial charge in [-0.15, -0.1) is 0 Å². The van der Waals surface area contributed by atoms with Gasteiger partial charge < -0.3 is 5.11 Å². The molecule has 30 heavy (non-hydrogen) atoms. The van der Waals surface area contributed by atoms with Crippen molar-refractivity contribution in [2.45, 2.75) is 135 Å². The Hall–Kier alpha value is -1.31. The molecule has 0 saturated heterocycles. The molecule has 1 aromatic carbocycles. The molecular weight excluding hydrogens is 368 g/mol. The Morgan fingerprint density at radius 3 is 1.27 bits per heavy atom. The lowest BCUT2D eigenvalue weighted by molar-refractivity contribution is 0.0979. The number of ketones is 1. The first-order chi connectivity index (χ1) is 14.7. The molecule has 0 aliphatic heterocycles. The molecule has 1 N–H and O–H groups in total. The summed E-state index contributed by atoms with van der Waals surface area (Å²) in [6.07, 6.45) is 26.6. The van der Waals surface area contributed by atoms with Gasteiger partial charge in [-0.05, 0) is 30.7 Å². The first-order valence-corrected chi connectivity index (χ1v) is 13.1. The lowest BCUT2D eigenvalue weighted by Crippen LogP contribution is -1.98. The minimum Gasteiger partial charge on any atom is -0.508 e. The minimum atomic E-state index is 0.196. The quantitative estimate of drug-likeness (QED) is 0.160. The molecule has 0 heterocycles. The van der Waals surface area contributed by atoms with Gasteiger partial charge in [0.15, 0.2) is 5.78 Å². The number of phenolic OH excluding ortho intramolecular Hbond substituents is 1. The molecule has 0 bridgehead atoms. The van der Waals surface area contributed by atoms with E-state index >= 15 is 0 Å². The molecule has 0 fully saturated rings. The maximum atomic E-state index is 12.1. The predicted molar refractivity (Wildman–Crippen MR) is 130 cm³/mol. The van der Waals surface area contributed by atoms with E-state index in [0.29, 0.717) is 6.42 Å². The van der Waals surface area contributed by atoms with E-state index < -0.39 is 0 Å². The Labute approximate surface area is 186 Å². The number of carbonyl (C=O) groups is 1. The third-order valence-electron chi connectivity index (χ3n) is 6.20. The Morgan fingerprint density at radius 2 is 0.900 bits per heavy atom. The summed E-state index contributed by atoms with van der Waals surface area (Å²) in [6.45, 7) is 2.29. The van der Waals surface area contributed by atoms with Gasteiger partial charge in [0.2, 0.25) is 0 Å². The summed E-state index contributed by atoms with van der Waals surface area (Å²) in [5.74, 6) is 0.414. The highest BCUT2D eigenvalue weighted by Crippen LogP contribution is 2.16. The molecular formula is C28H48O2. The van der Waals surface area contributed by atoms with Gasteiger partial charge in [0, 0.05) is 12.0 Å². The Balaban J connectivity index is 1.75. The molecule has 0 aliphatic carbocycles. The topological polar surface area (TPSA) is 37.3 Å². The van der Waals surface area contributed by atoms with Crippen LogP contribution in [0, 0.1) is 0 Å². The van der Waals surface area contributed by atoms with Crippen molar-refractivity contribution < 1.29 is 9.90 Å². The Bertz CT molecular complexity index is 506. The second-order valence-electron chi connectivity index (χ2n) is 9.08. The monoisotopic (exact) mass is 416 g/mol. The van der Waals surface area contributed by atoms with Gasteiger partial charge >= 0.3 is 0 Å². The van der Waals surface area contributed by atoms with Crippen LogP contribution < -0.4 is 0 Å². The first-order valence-electron chi connectivity index (χ1n) is 13.1. The third-order valence-corrected chi connectivity index (χ3v) is 6.20. The lowest BCUT2D eigenvalue weighted by Gasteiger charge is -2.04. The molecule has 0 spiro atoms. The molecule has 2 nitrogen and oxygen atoms in total. The average Bonchev–Trinajstić information content (AvgIpc) is 2.75. The summed E-state index contributed by atoms with van der Waals surface area (Å²) < 4.78 is 0. The maximum absolute atomic E-state index is 12.1. The number of rotatable bonds is 21. The summed E-state index contributed by atoms with van der Waals surface area (Å²) >= 11 is 0. The average molecular weight is 417 g/mol. The van der Waals surface area contributed by atoms with Crippen molar-refractivity contribution in [1.29, 1.82) is 0 Å². The summed E-state index contributed by atoms with van der Waals surface area (Å²) in [7, 11) is 0. The van der Waals surface area contributed by atoms with Crippen LogP contribution in [0.15, 0.2) is 24.3 Å². The fraction of sp³-hybridized carbons (Fsp3) is 0.750. The van der Waals surface area contributed by atoms with Crippen LogP contribution in [0.5, 0.6) is 5.75 Å². The van der Waals surface area contributed by atoms with Crippen LogP contribution in [0.3, 0.4) is 0 Å². The van der Waals surface area contributed by atoms with Crippen LogP contribution in [0.1, 0.15) is 146 Å².